The van der Waals surface area contributed by atoms with Gasteiger partial charge in [0, 0.05) is 29.9 Å². The van der Waals surface area contributed by atoms with Gasteiger partial charge in [-0.25, -0.2) is 4.98 Å². The Morgan fingerprint density at radius 3 is 3.07 bits per heavy atom. The maximum absolute atomic E-state index is 8.10. The summed E-state index contributed by atoms with van der Waals surface area (Å²) in [5.74, 6) is 0. The van der Waals surface area contributed by atoms with Crippen molar-refractivity contribution >= 4 is 11.3 Å². The lowest BCUT2D eigenvalue weighted by atomic mass is 10.4. The number of likely N-dealkylation sites (N-methyl/N-ethyl adjacent to an activating group) is 1. The highest BCUT2D eigenvalue weighted by Crippen LogP contribution is 2.09. The van der Waals surface area contributed by atoms with E-state index in [4.69, 9.17) is 5.53 Å². The maximum Gasteiger partial charge on any atom is 0.0897 e. The summed E-state index contributed by atoms with van der Waals surface area (Å²) in [6.45, 7) is 4.08. The Balaban J connectivity index is 2.33. The molecular formula is C8H13N5S. The first-order valence-corrected chi connectivity index (χ1v) is 5.20. The van der Waals surface area contributed by atoms with Gasteiger partial charge in [-0.3, -0.25) is 0 Å². The number of azide groups is 1. The van der Waals surface area contributed by atoms with Crippen LogP contribution in [0.25, 0.3) is 10.4 Å². The molecule has 1 aromatic heterocycles. The summed E-state index contributed by atoms with van der Waals surface area (Å²) in [6, 6.07) is 0. The van der Waals surface area contributed by atoms with E-state index >= 15 is 0 Å². The van der Waals surface area contributed by atoms with Crippen LogP contribution in [0.15, 0.2) is 10.5 Å². The quantitative estimate of drug-likeness (QED) is 0.425. The van der Waals surface area contributed by atoms with Gasteiger partial charge in [-0.15, -0.1) is 11.3 Å². The molecule has 0 bridgehead atoms. The van der Waals surface area contributed by atoms with Gasteiger partial charge in [-0.2, -0.15) is 0 Å². The predicted octanol–water partition coefficient (Wildman–Crippen LogP) is 2.19. The lowest BCUT2D eigenvalue weighted by Gasteiger charge is -2.12. The molecule has 0 aliphatic heterocycles. The Bertz CT molecular complexity index is 328. The highest BCUT2D eigenvalue weighted by Gasteiger charge is 2.02. The van der Waals surface area contributed by atoms with Crippen molar-refractivity contribution in [2.24, 2.45) is 5.11 Å². The summed E-state index contributed by atoms with van der Waals surface area (Å²) in [7, 11) is 1.99. The van der Waals surface area contributed by atoms with Crippen LogP contribution in [0.4, 0.5) is 0 Å². The molecule has 0 aromatic carbocycles. The molecule has 0 unspecified atom stereocenters. The second-order valence-corrected chi connectivity index (χ2v) is 4.11. The lowest BCUT2D eigenvalue weighted by molar-refractivity contribution is 0.332. The number of thiazole rings is 1. The summed E-state index contributed by atoms with van der Waals surface area (Å²) in [5.41, 5.74) is 9.18. The van der Waals surface area contributed by atoms with Crippen LogP contribution in [0, 0.1) is 6.92 Å². The van der Waals surface area contributed by atoms with Crippen molar-refractivity contribution in [3.63, 3.8) is 0 Å². The van der Waals surface area contributed by atoms with Gasteiger partial charge in [0.25, 0.3) is 0 Å². The molecule has 0 spiro atoms. The normalized spacial score (nSPS) is 10.2. The van der Waals surface area contributed by atoms with Crippen LogP contribution in [0.5, 0.6) is 0 Å². The second kappa shape index (κ2) is 5.59. The van der Waals surface area contributed by atoms with Gasteiger partial charge >= 0.3 is 0 Å². The third-order valence-electron chi connectivity index (χ3n) is 1.74. The van der Waals surface area contributed by atoms with Gasteiger partial charge in [0.05, 0.1) is 10.7 Å². The van der Waals surface area contributed by atoms with Crippen molar-refractivity contribution in [1.29, 1.82) is 0 Å². The van der Waals surface area contributed by atoms with E-state index in [1.165, 1.54) is 0 Å². The van der Waals surface area contributed by atoms with Crippen LogP contribution < -0.4 is 0 Å². The first-order valence-electron chi connectivity index (χ1n) is 4.33. The van der Waals surface area contributed by atoms with Gasteiger partial charge < -0.3 is 4.90 Å². The fourth-order valence-corrected chi connectivity index (χ4v) is 1.70. The van der Waals surface area contributed by atoms with Crippen molar-refractivity contribution in [1.82, 2.24) is 9.88 Å². The summed E-state index contributed by atoms with van der Waals surface area (Å²) in [6.07, 6.45) is 0. The monoisotopic (exact) mass is 211 g/mol. The van der Waals surface area contributed by atoms with Crippen molar-refractivity contribution in [3.05, 3.63) is 26.5 Å². The number of rotatable bonds is 5. The van der Waals surface area contributed by atoms with Gasteiger partial charge in [-0.05, 0) is 19.5 Å². The molecule has 1 rings (SSSR count). The largest absolute Gasteiger partial charge is 0.300 e. The van der Waals surface area contributed by atoms with Crippen LogP contribution in [0.3, 0.4) is 0 Å². The highest BCUT2D eigenvalue weighted by molar-refractivity contribution is 7.09. The molecule has 0 aliphatic carbocycles. The van der Waals surface area contributed by atoms with Crippen LogP contribution in [0.1, 0.15) is 10.7 Å². The number of aryl methyl sites for hydroxylation is 1. The maximum atomic E-state index is 8.10. The van der Waals surface area contributed by atoms with E-state index in [0.717, 1.165) is 23.8 Å². The Hall–Kier alpha value is -1.10. The highest BCUT2D eigenvalue weighted by atomic mass is 32.1. The summed E-state index contributed by atoms with van der Waals surface area (Å²) >= 11 is 1.66. The van der Waals surface area contributed by atoms with Crippen molar-refractivity contribution in [2.75, 3.05) is 20.1 Å². The molecule has 14 heavy (non-hydrogen) atoms. The molecule has 6 heteroatoms. The van der Waals surface area contributed by atoms with Crippen molar-refractivity contribution < 1.29 is 0 Å². The third-order valence-corrected chi connectivity index (χ3v) is 2.57. The molecule has 0 amide bonds. The number of hydrogen-bond acceptors (Lipinski definition) is 4. The van der Waals surface area contributed by atoms with Gasteiger partial charge in [0.1, 0.15) is 0 Å². The lowest BCUT2D eigenvalue weighted by Crippen LogP contribution is -2.21. The summed E-state index contributed by atoms with van der Waals surface area (Å²) in [5, 5.41) is 6.62. The number of nitrogens with zero attached hydrogens (tertiary/aromatic N) is 5. The molecule has 0 saturated heterocycles. The van der Waals surface area contributed by atoms with E-state index in [1.54, 1.807) is 11.3 Å². The molecule has 0 radical (unpaired) electrons. The van der Waals surface area contributed by atoms with Gasteiger partial charge in [-0.1, -0.05) is 5.11 Å². The van der Waals surface area contributed by atoms with Gasteiger partial charge in [0.2, 0.25) is 0 Å². The zero-order valence-electron chi connectivity index (χ0n) is 8.34. The minimum absolute atomic E-state index is 0.510. The first-order chi connectivity index (χ1) is 6.72. The van der Waals surface area contributed by atoms with E-state index < -0.39 is 0 Å². The van der Waals surface area contributed by atoms with Gasteiger partial charge in [0.15, 0.2) is 0 Å². The van der Waals surface area contributed by atoms with Crippen LogP contribution >= 0.6 is 11.3 Å². The fourth-order valence-electron chi connectivity index (χ4n) is 1.10. The fraction of sp³-hybridized carbons (Fsp3) is 0.625. The van der Waals surface area contributed by atoms with E-state index in [0.29, 0.717) is 6.54 Å². The topological polar surface area (TPSA) is 64.9 Å². The minimum Gasteiger partial charge on any atom is -0.300 e. The molecule has 0 fully saturated rings. The van der Waals surface area contributed by atoms with E-state index in [-0.39, 0.29) is 0 Å². The second-order valence-electron chi connectivity index (χ2n) is 3.05. The minimum atomic E-state index is 0.510. The molecule has 1 heterocycles. The zero-order chi connectivity index (χ0) is 10.4. The first kappa shape index (κ1) is 11.0. The Kier molecular flexibility index (Phi) is 4.39. The summed E-state index contributed by atoms with van der Waals surface area (Å²) < 4.78 is 0. The Morgan fingerprint density at radius 1 is 1.71 bits per heavy atom. The molecule has 5 nitrogen and oxygen atoms in total. The van der Waals surface area contributed by atoms with Crippen LogP contribution in [-0.2, 0) is 6.54 Å². The van der Waals surface area contributed by atoms with E-state index in [9.17, 15) is 0 Å². The molecule has 0 atom stereocenters. The standard InChI is InChI=1S/C8H13N5S/c1-7-11-8(6-14-7)5-13(2)4-3-10-12-9/h6H,3-5H2,1-2H3. The van der Waals surface area contributed by atoms with Crippen LogP contribution in [0.2, 0.25) is 0 Å². The molecule has 76 valence electrons. The van der Waals surface area contributed by atoms with Crippen LogP contribution in [-0.4, -0.2) is 30.0 Å². The molecule has 1 aromatic rings. The van der Waals surface area contributed by atoms with E-state index in [1.807, 2.05) is 14.0 Å². The average Bonchev–Trinajstić information content (AvgIpc) is 2.52. The number of aromatic nitrogens is 1. The Morgan fingerprint density at radius 2 is 2.50 bits per heavy atom. The Labute approximate surface area is 87.0 Å². The number of hydrogen-bond donors (Lipinski definition) is 0. The smallest absolute Gasteiger partial charge is 0.0897 e. The SMILES string of the molecule is Cc1nc(CN(C)CCN=[N+]=[N-])cs1. The van der Waals surface area contributed by atoms with Crippen molar-refractivity contribution in [2.45, 2.75) is 13.5 Å². The molecule has 0 saturated carbocycles. The molecular weight excluding hydrogens is 198 g/mol. The van der Waals surface area contributed by atoms with E-state index in [2.05, 4.69) is 25.3 Å². The zero-order valence-corrected chi connectivity index (χ0v) is 9.16. The molecule has 0 N–H and O–H groups in total. The van der Waals surface area contributed by atoms with Crippen molar-refractivity contribution in [3.8, 4) is 0 Å². The average molecular weight is 211 g/mol. The molecule has 0 aliphatic rings. The summed E-state index contributed by atoms with van der Waals surface area (Å²) in [4.78, 5) is 9.14. The predicted molar refractivity (Wildman–Crippen MR) is 57.2 cm³/mol. The third kappa shape index (κ3) is 3.74.